The Labute approximate surface area is 248 Å². The van der Waals surface area contributed by atoms with Gasteiger partial charge >= 0.3 is 0 Å². The lowest BCUT2D eigenvalue weighted by molar-refractivity contribution is -0.140. The number of hydrogen-bond donors (Lipinski definition) is 1. The first-order valence-corrected chi connectivity index (χ1v) is 16.2. The van der Waals surface area contributed by atoms with E-state index in [2.05, 4.69) is 5.32 Å². The van der Waals surface area contributed by atoms with Crippen molar-refractivity contribution in [3.05, 3.63) is 100 Å². The molecule has 41 heavy (non-hydrogen) atoms. The van der Waals surface area contributed by atoms with Gasteiger partial charge in [-0.2, -0.15) is 0 Å². The first-order chi connectivity index (χ1) is 19.5. The molecule has 218 valence electrons. The van der Waals surface area contributed by atoms with Gasteiger partial charge in [0.05, 0.1) is 11.9 Å². The van der Waals surface area contributed by atoms with Gasteiger partial charge in [-0.25, -0.2) is 8.42 Å². The van der Waals surface area contributed by atoms with E-state index >= 15 is 0 Å². The van der Waals surface area contributed by atoms with Crippen LogP contribution in [-0.4, -0.2) is 50.0 Å². The highest BCUT2D eigenvalue weighted by molar-refractivity contribution is 7.92. The summed E-state index contributed by atoms with van der Waals surface area (Å²) in [7, 11) is -3.82. The van der Waals surface area contributed by atoms with E-state index in [0.717, 1.165) is 58.5 Å². The van der Waals surface area contributed by atoms with Gasteiger partial charge < -0.3 is 10.2 Å². The monoisotopic (exact) mass is 595 g/mol. The van der Waals surface area contributed by atoms with Gasteiger partial charge in [-0.1, -0.05) is 73.0 Å². The highest BCUT2D eigenvalue weighted by atomic mass is 35.5. The second-order valence-electron chi connectivity index (χ2n) is 11.0. The average Bonchev–Trinajstić information content (AvgIpc) is 3.41. The smallest absolute Gasteiger partial charge is 0.244 e. The van der Waals surface area contributed by atoms with Crippen molar-refractivity contribution >= 4 is 39.1 Å². The molecule has 3 aromatic rings. The van der Waals surface area contributed by atoms with Gasteiger partial charge in [0.2, 0.25) is 21.8 Å². The fourth-order valence-corrected chi connectivity index (χ4v) is 6.51. The Bertz CT molecular complexity index is 1450. The number of nitrogens with zero attached hydrogens (tertiary/aromatic N) is 2. The van der Waals surface area contributed by atoms with Crippen molar-refractivity contribution in [2.45, 2.75) is 64.6 Å². The molecule has 0 radical (unpaired) electrons. The maximum atomic E-state index is 14.2. The minimum Gasteiger partial charge on any atom is -0.352 e. The molecule has 2 amide bonds. The Morgan fingerprint density at radius 2 is 1.56 bits per heavy atom. The van der Waals surface area contributed by atoms with Crippen LogP contribution in [-0.2, 0) is 32.6 Å². The van der Waals surface area contributed by atoms with Crippen LogP contribution in [0.4, 0.5) is 5.69 Å². The Morgan fingerprint density at radius 1 is 0.927 bits per heavy atom. The summed E-state index contributed by atoms with van der Waals surface area (Å²) in [5.41, 5.74) is 3.83. The number of aryl methyl sites for hydroxylation is 2. The first-order valence-electron chi connectivity index (χ1n) is 13.9. The van der Waals surface area contributed by atoms with Gasteiger partial charge in [0.1, 0.15) is 12.6 Å². The van der Waals surface area contributed by atoms with Crippen LogP contribution < -0.4 is 9.62 Å². The molecule has 0 aliphatic heterocycles. The number of amides is 2. The SMILES string of the molecule is Cc1cc(C)cc(N(CC(=O)N(Cc2cccc(Cl)c2)C(Cc2ccccc2)C(=O)NC2CCCC2)S(C)(=O)=O)c1. The van der Waals surface area contributed by atoms with E-state index in [4.69, 9.17) is 11.6 Å². The molecule has 4 rings (SSSR count). The summed E-state index contributed by atoms with van der Waals surface area (Å²) in [5, 5.41) is 3.68. The zero-order valence-electron chi connectivity index (χ0n) is 23.8. The van der Waals surface area contributed by atoms with Crippen LogP contribution in [0.3, 0.4) is 0 Å². The van der Waals surface area contributed by atoms with Crippen LogP contribution in [0.1, 0.15) is 47.9 Å². The van der Waals surface area contributed by atoms with Crippen molar-refractivity contribution in [1.29, 1.82) is 0 Å². The normalized spacial score (nSPS) is 14.4. The Morgan fingerprint density at radius 3 is 2.17 bits per heavy atom. The van der Waals surface area contributed by atoms with Gasteiger partial charge in [0.25, 0.3) is 0 Å². The van der Waals surface area contributed by atoms with Gasteiger partial charge in [-0.05, 0) is 73.2 Å². The molecular weight excluding hydrogens is 558 g/mol. The Balaban J connectivity index is 1.74. The van der Waals surface area contributed by atoms with Crippen LogP contribution >= 0.6 is 11.6 Å². The molecule has 1 saturated carbocycles. The van der Waals surface area contributed by atoms with E-state index in [9.17, 15) is 18.0 Å². The second-order valence-corrected chi connectivity index (χ2v) is 13.3. The van der Waals surface area contributed by atoms with Crippen molar-refractivity contribution in [3.63, 3.8) is 0 Å². The van der Waals surface area contributed by atoms with Crippen LogP contribution in [0.2, 0.25) is 5.02 Å². The lowest BCUT2D eigenvalue weighted by atomic mass is 10.0. The van der Waals surface area contributed by atoms with Crippen molar-refractivity contribution in [2.75, 3.05) is 17.1 Å². The fourth-order valence-electron chi connectivity index (χ4n) is 5.46. The molecule has 9 heteroatoms. The van der Waals surface area contributed by atoms with Crippen molar-refractivity contribution in [3.8, 4) is 0 Å². The minimum atomic E-state index is -3.82. The molecule has 1 N–H and O–H groups in total. The average molecular weight is 596 g/mol. The summed E-state index contributed by atoms with van der Waals surface area (Å²) < 4.78 is 27.1. The summed E-state index contributed by atoms with van der Waals surface area (Å²) in [6.07, 6.45) is 5.29. The summed E-state index contributed by atoms with van der Waals surface area (Å²) in [6.45, 7) is 3.42. The van der Waals surface area contributed by atoms with E-state index in [1.54, 1.807) is 30.3 Å². The molecule has 7 nitrogen and oxygen atoms in total. The standard InChI is InChI=1S/C32H38ClN3O4S/c1-23-16-24(2)18-29(17-23)36(41(3,39)40)22-31(37)35(21-26-12-9-13-27(33)19-26)30(20-25-10-5-4-6-11-25)32(38)34-28-14-7-8-15-28/h4-6,9-13,16-19,28,30H,7-8,14-15,20-22H2,1-3H3,(H,34,38). The van der Waals surface area contributed by atoms with Crippen LogP contribution in [0.5, 0.6) is 0 Å². The number of hydrogen-bond acceptors (Lipinski definition) is 4. The van der Waals surface area contributed by atoms with Crippen LogP contribution in [0.15, 0.2) is 72.8 Å². The zero-order valence-corrected chi connectivity index (χ0v) is 25.4. The molecule has 0 heterocycles. The van der Waals surface area contributed by atoms with E-state index in [-0.39, 0.29) is 24.9 Å². The van der Waals surface area contributed by atoms with Gasteiger partial charge in [-0.15, -0.1) is 0 Å². The third kappa shape index (κ3) is 8.57. The zero-order chi connectivity index (χ0) is 29.6. The van der Waals surface area contributed by atoms with Gasteiger partial charge in [0.15, 0.2) is 0 Å². The van der Waals surface area contributed by atoms with Crippen molar-refractivity contribution in [2.24, 2.45) is 0 Å². The van der Waals surface area contributed by atoms with Crippen LogP contribution in [0, 0.1) is 13.8 Å². The lowest BCUT2D eigenvalue weighted by Crippen LogP contribution is -2.54. The maximum absolute atomic E-state index is 14.2. The maximum Gasteiger partial charge on any atom is 0.244 e. The lowest BCUT2D eigenvalue weighted by Gasteiger charge is -2.34. The highest BCUT2D eigenvalue weighted by Crippen LogP contribution is 2.24. The number of anilines is 1. The number of sulfonamides is 1. The molecule has 3 aromatic carbocycles. The van der Waals surface area contributed by atoms with Crippen LogP contribution in [0.25, 0.3) is 0 Å². The summed E-state index contributed by atoms with van der Waals surface area (Å²) in [5.74, 6) is -0.717. The molecule has 0 spiro atoms. The topological polar surface area (TPSA) is 86.8 Å². The van der Waals surface area contributed by atoms with E-state index in [1.165, 1.54) is 4.90 Å². The van der Waals surface area contributed by atoms with Crippen molar-refractivity contribution < 1.29 is 18.0 Å². The predicted molar refractivity (Wildman–Crippen MR) is 164 cm³/mol. The summed E-state index contributed by atoms with van der Waals surface area (Å²) >= 11 is 6.28. The first kappa shape index (κ1) is 30.6. The fraction of sp³-hybridized carbons (Fsp3) is 0.375. The number of nitrogens with one attached hydrogen (secondary N) is 1. The Hall–Kier alpha value is -3.36. The third-order valence-electron chi connectivity index (χ3n) is 7.39. The molecule has 1 aliphatic carbocycles. The number of rotatable bonds is 11. The minimum absolute atomic E-state index is 0.0617. The predicted octanol–water partition coefficient (Wildman–Crippen LogP) is 5.42. The highest BCUT2D eigenvalue weighted by Gasteiger charge is 2.34. The molecule has 1 fully saturated rings. The molecule has 1 atom stereocenters. The molecule has 1 aliphatic rings. The molecule has 0 aromatic heterocycles. The second kappa shape index (κ2) is 13.5. The molecule has 0 bridgehead atoms. The largest absolute Gasteiger partial charge is 0.352 e. The summed E-state index contributed by atoms with van der Waals surface area (Å²) in [4.78, 5) is 29.6. The van der Waals surface area contributed by atoms with E-state index in [1.807, 2.05) is 56.3 Å². The molecular formula is C32H38ClN3O4S. The van der Waals surface area contributed by atoms with Gasteiger partial charge in [-0.3, -0.25) is 13.9 Å². The summed E-state index contributed by atoms with van der Waals surface area (Å²) in [6, 6.07) is 21.3. The molecule has 1 unspecified atom stereocenters. The number of benzene rings is 3. The Kier molecular flexibility index (Phi) is 10.1. The van der Waals surface area contributed by atoms with Gasteiger partial charge in [0, 0.05) is 24.0 Å². The quantitative estimate of drug-likeness (QED) is 0.321. The van der Waals surface area contributed by atoms with E-state index < -0.39 is 28.5 Å². The third-order valence-corrected chi connectivity index (χ3v) is 8.76. The number of halogens is 1. The van der Waals surface area contributed by atoms with E-state index in [0.29, 0.717) is 10.7 Å². The number of carbonyl (C=O) groups excluding carboxylic acids is 2. The molecule has 0 saturated heterocycles. The number of carbonyl (C=O) groups is 2. The van der Waals surface area contributed by atoms with Crippen molar-refractivity contribution in [1.82, 2.24) is 10.2 Å².